The highest BCUT2D eigenvalue weighted by atomic mass is 16.5. The third-order valence-corrected chi connectivity index (χ3v) is 10.5. The van der Waals surface area contributed by atoms with Gasteiger partial charge in [-0.3, -0.25) is 28.8 Å². The van der Waals surface area contributed by atoms with Crippen LogP contribution >= 0.6 is 0 Å². The van der Waals surface area contributed by atoms with Gasteiger partial charge in [0, 0.05) is 51.3 Å². The lowest BCUT2D eigenvalue weighted by atomic mass is 9.95. The van der Waals surface area contributed by atoms with Crippen molar-refractivity contribution in [3.8, 4) is 0 Å². The van der Waals surface area contributed by atoms with Gasteiger partial charge in [0.25, 0.3) is 0 Å². The SMILES string of the molecule is CCC(=O)CCCOCCOCC(=O)NCCOCCOCC(=O)NCCCC[C@H](CC)C(=O)CN.CC[C@H](NC(=O)CCCCCCCCCCCCCCCCC(=O)O)C(=O)O. The minimum absolute atomic E-state index is 0.0150. The molecule has 0 rings (SSSR count). The van der Waals surface area contributed by atoms with Crippen LogP contribution in [0.15, 0.2) is 0 Å². The molecule has 0 unspecified atom stereocenters. The molecule has 0 aromatic rings. The lowest BCUT2D eigenvalue weighted by Gasteiger charge is -2.12. The van der Waals surface area contributed by atoms with Gasteiger partial charge in [0.05, 0.1) is 39.6 Å². The van der Waals surface area contributed by atoms with Crippen LogP contribution in [-0.4, -0.2) is 130 Å². The first kappa shape index (κ1) is 62.6. The molecule has 0 aromatic heterocycles. The highest BCUT2D eigenvalue weighted by molar-refractivity contribution is 5.83. The molecule has 0 saturated heterocycles. The Morgan fingerprint density at radius 1 is 0.500 bits per heavy atom. The van der Waals surface area contributed by atoms with Crippen LogP contribution in [0.5, 0.6) is 0 Å². The second kappa shape index (κ2) is 47.5. The van der Waals surface area contributed by atoms with E-state index in [1.807, 2.05) is 13.8 Å². The first-order chi connectivity index (χ1) is 30.9. The summed E-state index contributed by atoms with van der Waals surface area (Å²) in [6.45, 7) is 8.57. The lowest BCUT2D eigenvalue weighted by Crippen LogP contribution is -2.40. The third-order valence-electron chi connectivity index (χ3n) is 10.5. The number of nitrogens with two attached hydrogens (primary N) is 1. The van der Waals surface area contributed by atoms with Crippen molar-refractivity contribution in [1.82, 2.24) is 16.0 Å². The summed E-state index contributed by atoms with van der Waals surface area (Å²) in [6.07, 6.45) is 22.2. The molecule has 0 radical (unpaired) electrons. The molecule has 374 valence electrons. The molecule has 2 atom stereocenters. The van der Waals surface area contributed by atoms with Gasteiger partial charge in [-0.2, -0.15) is 0 Å². The van der Waals surface area contributed by atoms with Crippen LogP contribution in [0, 0.1) is 5.92 Å². The summed E-state index contributed by atoms with van der Waals surface area (Å²) >= 11 is 0. The fourth-order valence-electron chi connectivity index (χ4n) is 6.47. The van der Waals surface area contributed by atoms with E-state index in [0.717, 1.165) is 64.2 Å². The summed E-state index contributed by atoms with van der Waals surface area (Å²) in [5, 5.41) is 25.5. The number of carbonyl (C=O) groups is 7. The minimum atomic E-state index is -0.966. The first-order valence-electron chi connectivity index (χ1n) is 24.2. The zero-order valence-corrected chi connectivity index (χ0v) is 39.9. The molecular weight excluding hydrogens is 829 g/mol. The highest BCUT2D eigenvalue weighted by Crippen LogP contribution is 2.15. The number of unbranched alkanes of at least 4 members (excludes halogenated alkanes) is 14. The van der Waals surface area contributed by atoms with Crippen molar-refractivity contribution in [1.29, 1.82) is 0 Å². The van der Waals surface area contributed by atoms with Gasteiger partial charge in [-0.1, -0.05) is 104 Å². The van der Waals surface area contributed by atoms with Gasteiger partial charge in [0.15, 0.2) is 0 Å². The number of hydrogen-bond donors (Lipinski definition) is 6. The molecule has 7 N–H and O–H groups in total. The lowest BCUT2D eigenvalue weighted by molar-refractivity contribution is -0.142. The van der Waals surface area contributed by atoms with Crippen molar-refractivity contribution >= 4 is 41.2 Å². The molecule has 0 aromatic carbocycles. The van der Waals surface area contributed by atoms with Gasteiger partial charge in [-0.25, -0.2) is 4.79 Å². The summed E-state index contributed by atoms with van der Waals surface area (Å²) in [4.78, 5) is 79.1. The topological polar surface area (TPSA) is 259 Å². The minimum Gasteiger partial charge on any atom is -0.481 e. The van der Waals surface area contributed by atoms with Crippen LogP contribution < -0.4 is 21.7 Å². The average Bonchev–Trinajstić information content (AvgIpc) is 3.27. The van der Waals surface area contributed by atoms with Crippen LogP contribution in [0.2, 0.25) is 0 Å². The largest absolute Gasteiger partial charge is 0.481 e. The molecule has 0 fully saturated rings. The molecule has 0 saturated carbocycles. The van der Waals surface area contributed by atoms with Gasteiger partial charge in [-0.05, 0) is 44.9 Å². The van der Waals surface area contributed by atoms with E-state index < -0.39 is 18.0 Å². The van der Waals surface area contributed by atoms with Crippen molar-refractivity contribution in [3.05, 3.63) is 0 Å². The second-order valence-electron chi connectivity index (χ2n) is 16.0. The van der Waals surface area contributed by atoms with E-state index in [9.17, 15) is 33.6 Å². The molecule has 0 aliphatic heterocycles. The van der Waals surface area contributed by atoms with Gasteiger partial charge in [0.2, 0.25) is 17.7 Å². The Kier molecular flexibility index (Phi) is 46.4. The third kappa shape index (κ3) is 45.1. The Morgan fingerprint density at radius 3 is 1.45 bits per heavy atom. The molecular formula is C47H88N4O13. The number of carbonyl (C=O) groups excluding carboxylic acids is 5. The van der Waals surface area contributed by atoms with E-state index in [1.54, 1.807) is 6.92 Å². The molecule has 17 nitrogen and oxygen atoms in total. The van der Waals surface area contributed by atoms with Gasteiger partial charge in [0.1, 0.15) is 30.8 Å². The second-order valence-corrected chi connectivity index (χ2v) is 16.0. The summed E-state index contributed by atoms with van der Waals surface area (Å²) in [6, 6.07) is -0.760. The number of rotatable bonds is 46. The number of amides is 3. The molecule has 0 aliphatic rings. The summed E-state index contributed by atoms with van der Waals surface area (Å²) < 4.78 is 21.2. The Morgan fingerprint density at radius 2 is 0.984 bits per heavy atom. The van der Waals surface area contributed by atoms with Crippen molar-refractivity contribution in [2.75, 3.05) is 72.5 Å². The van der Waals surface area contributed by atoms with E-state index in [1.165, 1.54) is 51.4 Å². The zero-order valence-electron chi connectivity index (χ0n) is 39.9. The predicted octanol–water partition coefficient (Wildman–Crippen LogP) is 6.06. The van der Waals surface area contributed by atoms with Crippen LogP contribution in [0.25, 0.3) is 0 Å². The summed E-state index contributed by atoms with van der Waals surface area (Å²) in [5.41, 5.74) is 5.41. The van der Waals surface area contributed by atoms with Gasteiger partial charge < -0.3 is 50.8 Å². The number of ether oxygens (including phenoxy) is 4. The van der Waals surface area contributed by atoms with Crippen LogP contribution in [0.3, 0.4) is 0 Å². The Balaban J connectivity index is 0. The molecule has 3 amide bonds. The van der Waals surface area contributed by atoms with Gasteiger partial charge >= 0.3 is 11.9 Å². The van der Waals surface area contributed by atoms with Crippen molar-refractivity contribution < 1.29 is 62.7 Å². The molecule has 17 heteroatoms. The van der Waals surface area contributed by atoms with E-state index in [4.69, 9.17) is 34.9 Å². The van der Waals surface area contributed by atoms with E-state index in [0.29, 0.717) is 84.6 Å². The smallest absolute Gasteiger partial charge is 0.326 e. The molecule has 0 bridgehead atoms. The number of ketones is 2. The first-order valence-corrected chi connectivity index (χ1v) is 24.2. The fourth-order valence-corrected chi connectivity index (χ4v) is 6.47. The highest BCUT2D eigenvalue weighted by Gasteiger charge is 2.17. The summed E-state index contributed by atoms with van der Waals surface area (Å²) in [7, 11) is 0. The van der Waals surface area contributed by atoms with Gasteiger partial charge in [-0.15, -0.1) is 0 Å². The number of Topliss-reactive ketones (excluding diaryl/α,β-unsaturated/α-hetero) is 2. The monoisotopic (exact) mass is 917 g/mol. The number of carboxylic acid groups (broad SMARTS) is 2. The number of hydrogen-bond acceptors (Lipinski definition) is 12. The zero-order chi connectivity index (χ0) is 47.9. The van der Waals surface area contributed by atoms with Crippen LogP contribution in [-0.2, 0) is 52.5 Å². The molecule has 0 aliphatic carbocycles. The Labute approximate surface area is 384 Å². The predicted molar refractivity (Wildman–Crippen MR) is 247 cm³/mol. The summed E-state index contributed by atoms with van der Waals surface area (Å²) in [5.74, 6) is -1.90. The fraction of sp³-hybridized carbons (Fsp3) is 0.851. The maximum Gasteiger partial charge on any atom is 0.326 e. The normalized spacial score (nSPS) is 11.8. The maximum atomic E-state index is 11.7. The standard InChI is InChI=1S/C25H47N3O8.C22H41NO5/c1-3-21(23(30)18-26)8-5-6-10-27-24(31)19-36-17-15-34-13-11-28-25(32)20-35-16-14-33-12-7-9-22(29)4-2;1-2-19(22(27)28)23-20(24)17-15-13-11-9-7-5-3-4-6-8-10-12-14-16-18-21(25)26/h21H,3-20,26H2,1-2H3,(H,27,31)(H,28,32);19H,2-18H2,1H3,(H,23,24)(H,25,26)(H,27,28)/t21-;19-/m00/s1. The number of aliphatic carboxylic acids is 2. The molecule has 0 heterocycles. The Bertz CT molecular complexity index is 1210. The molecule has 0 spiro atoms. The van der Waals surface area contributed by atoms with Crippen molar-refractivity contribution in [2.45, 2.75) is 181 Å². The quantitative estimate of drug-likeness (QED) is 0.0380. The van der Waals surface area contributed by atoms with Crippen LogP contribution in [0.4, 0.5) is 0 Å². The number of carboxylic acids is 2. The van der Waals surface area contributed by atoms with Crippen LogP contribution in [0.1, 0.15) is 175 Å². The molecule has 64 heavy (non-hydrogen) atoms. The van der Waals surface area contributed by atoms with Crippen molar-refractivity contribution in [2.24, 2.45) is 11.7 Å². The van der Waals surface area contributed by atoms with E-state index in [-0.39, 0.29) is 61.6 Å². The van der Waals surface area contributed by atoms with Crippen molar-refractivity contribution in [3.63, 3.8) is 0 Å². The average molecular weight is 917 g/mol. The number of nitrogens with one attached hydrogen (secondary N) is 3. The maximum absolute atomic E-state index is 11.7. The Hall–Kier alpha value is -3.51. The van der Waals surface area contributed by atoms with E-state index in [2.05, 4.69) is 16.0 Å². The van der Waals surface area contributed by atoms with E-state index >= 15 is 0 Å².